The number of carbonyl (C=O) groups is 1. The first kappa shape index (κ1) is 16.0. The van der Waals surface area contributed by atoms with Gasteiger partial charge in [0.15, 0.2) is 0 Å². The molecule has 0 saturated carbocycles. The van der Waals surface area contributed by atoms with Gasteiger partial charge < -0.3 is 10.1 Å². The number of nitrogens with one attached hydrogen (secondary N) is 1. The molecule has 1 amide bonds. The number of halogens is 1. The van der Waals surface area contributed by atoms with Gasteiger partial charge in [-0.3, -0.25) is 4.79 Å². The first-order valence-corrected chi connectivity index (χ1v) is 7.33. The molecule has 0 aliphatic heterocycles. The molecule has 0 atom stereocenters. The van der Waals surface area contributed by atoms with Crippen LogP contribution >= 0.6 is 0 Å². The Hall–Kier alpha value is -2.36. The van der Waals surface area contributed by atoms with Gasteiger partial charge in [0, 0.05) is 5.69 Å². The van der Waals surface area contributed by atoms with Crippen molar-refractivity contribution >= 4 is 11.6 Å². The standard InChI is InChI=1S/C18H20FNO2/c1-13(2)16-5-3-4-6-17(16)20-18(21)11-12-22-15-9-7-14(19)8-10-15/h3-10,13H,11-12H2,1-2H3,(H,20,21). The second-order valence-corrected chi connectivity index (χ2v) is 5.34. The Morgan fingerprint density at radius 3 is 2.50 bits per heavy atom. The quantitative estimate of drug-likeness (QED) is 0.861. The number of benzene rings is 2. The zero-order chi connectivity index (χ0) is 15.9. The van der Waals surface area contributed by atoms with Crippen molar-refractivity contribution in [1.29, 1.82) is 0 Å². The third-order valence-corrected chi connectivity index (χ3v) is 3.27. The number of carbonyl (C=O) groups excluding carboxylic acids is 1. The molecule has 3 nitrogen and oxygen atoms in total. The van der Waals surface area contributed by atoms with Crippen molar-refractivity contribution in [3.05, 3.63) is 59.9 Å². The summed E-state index contributed by atoms with van der Waals surface area (Å²) in [4.78, 5) is 12.0. The van der Waals surface area contributed by atoms with Gasteiger partial charge >= 0.3 is 0 Å². The minimum absolute atomic E-state index is 0.102. The fraction of sp³-hybridized carbons (Fsp3) is 0.278. The first-order chi connectivity index (χ1) is 10.6. The highest BCUT2D eigenvalue weighted by atomic mass is 19.1. The number of hydrogen-bond donors (Lipinski definition) is 1. The van der Waals surface area contributed by atoms with Crippen molar-refractivity contribution in [2.75, 3.05) is 11.9 Å². The Labute approximate surface area is 130 Å². The molecule has 2 aromatic rings. The summed E-state index contributed by atoms with van der Waals surface area (Å²) in [5.41, 5.74) is 1.94. The van der Waals surface area contributed by atoms with Crippen LogP contribution < -0.4 is 10.1 Å². The van der Waals surface area contributed by atoms with Gasteiger partial charge in [0.25, 0.3) is 0 Å². The summed E-state index contributed by atoms with van der Waals surface area (Å²) < 4.78 is 18.2. The van der Waals surface area contributed by atoms with Crippen LogP contribution in [0.4, 0.5) is 10.1 Å². The summed E-state index contributed by atoms with van der Waals surface area (Å²) in [6, 6.07) is 13.5. The smallest absolute Gasteiger partial charge is 0.227 e. The predicted octanol–water partition coefficient (Wildman–Crippen LogP) is 4.36. The number of ether oxygens (including phenoxy) is 1. The summed E-state index contributed by atoms with van der Waals surface area (Å²) in [6.07, 6.45) is 0.240. The number of rotatable bonds is 6. The zero-order valence-corrected chi connectivity index (χ0v) is 12.8. The summed E-state index contributed by atoms with van der Waals surface area (Å²) in [5.74, 6) is 0.481. The van der Waals surface area contributed by atoms with Crippen molar-refractivity contribution in [2.24, 2.45) is 0 Å². The van der Waals surface area contributed by atoms with Crippen LogP contribution in [0.2, 0.25) is 0 Å². The minimum Gasteiger partial charge on any atom is -0.493 e. The summed E-state index contributed by atoms with van der Waals surface area (Å²) in [6.45, 7) is 4.42. The Bertz CT molecular complexity index is 623. The Balaban J connectivity index is 1.84. The largest absolute Gasteiger partial charge is 0.493 e. The van der Waals surface area contributed by atoms with E-state index in [1.807, 2.05) is 24.3 Å². The van der Waals surface area contributed by atoms with E-state index < -0.39 is 0 Å². The van der Waals surface area contributed by atoms with E-state index in [9.17, 15) is 9.18 Å². The molecule has 0 unspecified atom stereocenters. The van der Waals surface area contributed by atoms with Gasteiger partial charge in [-0.25, -0.2) is 4.39 Å². The lowest BCUT2D eigenvalue weighted by molar-refractivity contribution is -0.116. The fourth-order valence-electron chi connectivity index (χ4n) is 2.12. The lowest BCUT2D eigenvalue weighted by atomic mass is 10.0. The number of amides is 1. The Morgan fingerprint density at radius 1 is 1.14 bits per heavy atom. The molecule has 4 heteroatoms. The Kier molecular flexibility index (Phi) is 5.53. The summed E-state index contributed by atoms with van der Waals surface area (Å²) in [5, 5.41) is 2.91. The SMILES string of the molecule is CC(C)c1ccccc1NC(=O)CCOc1ccc(F)cc1. The second kappa shape index (κ2) is 7.59. The van der Waals surface area contributed by atoms with Crippen LogP contribution in [0.1, 0.15) is 31.7 Å². The molecule has 0 bridgehead atoms. The van der Waals surface area contributed by atoms with E-state index in [4.69, 9.17) is 4.74 Å². The van der Waals surface area contributed by atoms with E-state index >= 15 is 0 Å². The lowest BCUT2D eigenvalue weighted by Crippen LogP contribution is -2.16. The highest BCUT2D eigenvalue weighted by Gasteiger charge is 2.09. The topological polar surface area (TPSA) is 38.3 Å². The van der Waals surface area contributed by atoms with Crippen LogP contribution in [0.25, 0.3) is 0 Å². The van der Waals surface area contributed by atoms with Gasteiger partial charge in [-0.05, 0) is 41.8 Å². The van der Waals surface area contributed by atoms with Gasteiger partial charge in [-0.15, -0.1) is 0 Å². The van der Waals surface area contributed by atoms with E-state index in [2.05, 4.69) is 19.2 Å². The van der Waals surface area contributed by atoms with Crippen molar-refractivity contribution < 1.29 is 13.9 Å². The van der Waals surface area contributed by atoms with Crippen molar-refractivity contribution in [1.82, 2.24) is 0 Å². The second-order valence-electron chi connectivity index (χ2n) is 5.34. The normalized spacial score (nSPS) is 10.5. The van der Waals surface area contributed by atoms with E-state index in [1.54, 1.807) is 12.1 Å². The maximum atomic E-state index is 12.8. The molecule has 0 saturated heterocycles. The van der Waals surface area contributed by atoms with E-state index in [0.29, 0.717) is 11.7 Å². The molecule has 0 aliphatic carbocycles. The van der Waals surface area contributed by atoms with Crippen LogP contribution in [-0.4, -0.2) is 12.5 Å². The van der Waals surface area contributed by atoms with E-state index in [1.165, 1.54) is 12.1 Å². The Morgan fingerprint density at radius 2 is 1.82 bits per heavy atom. The molecule has 0 fully saturated rings. The molecule has 0 aromatic heterocycles. The van der Waals surface area contributed by atoms with Crippen molar-refractivity contribution in [3.8, 4) is 5.75 Å². The molecule has 116 valence electrons. The molecular formula is C18H20FNO2. The molecule has 22 heavy (non-hydrogen) atoms. The highest BCUT2D eigenvalue weighted by Crippen LogP contribution is 2.23. The first-order valence-electron chi connectivity index (χ1n) is 7.33. The average Bonchev–Trinajstić information content (AvgIpc) is 2.49. The maximum Gasteiger partial charge on any atom is 0.227 e. The number of anilines is 1. The lowest BCUT2D eigenvalue weighted by Gasteiger charge is -2.13. The van der Waals surface area contributed by atoms with Gasteiger partial charge in [-0.2, -0.15) is 0 Å². The monoisotopic (exact) mass is 301 g/mol. The average molecular weight is 301 g/mol. The van der Waals surface area contributed by atoms with Gasteiger partial charge in [0.05, 0.1) is 13.0 Å². The number of hydrogen-bond acceptors (Lipinski definition) is 2. The van der Waals surface area contributed by atoms with Gasteiger partial charge in [-0.1, -0.05) is 32.0 Å². The highest BCUT2D eigenvalue weighted by molar-refractivity contribution is 5.91. The molecule has 0 heterocycles. The molecule has 2 aromatic carbocycles. The molecular weight excluding hydrogens is 281 g/mol. The van der Waals surface area contributed by atoms with E-state index in [0.717, 1.165) is 11.3 Å². The third-order valence-electron chi connectivity index (χ3n) is 3.27. The molecule has 0 radical (unpaired) electrons. The minimum atomic E-state index is -0.310. The molecule has 1 N–H and O–H groups in total. The molecule has 0 aliphatic rings. The van der Waals surface area contributed by atoms with Crippen molar-refractivity contribution in [3.63, 3.8) is 0 Å². The summed E-state index contributed by atoms with van der Waals surface area (Å²) >= 11 is 0. The predicted molar refractivity (Wildman–Crippen MR) is 85.7 cm³/mol. The van der Waals surface area contributed by atoms with Crippen LogP contribution in [0.3, 0.4) is 0 Å². The number of para-hydroxylation sites is 1. The molecule has 0 spiro atoms. The third kappa shape index (κ3) is 4.58. The summed E-state index contributed by atoms with van der Waals surface area (Å²) in [7, 11) is 0. The van der Waals surface area contributed by atoms with Crippen molar-refractivity contribution in [2.45, 2.75) is 26.2 Å². The van der Waals surface area contributed by atoms with Gasteiger partial charge in [0.1, 0.15) is 11.6 Å². The molecule has 2 rings (SSSR count). The zero-order valence-electron chi connectivity index (χ0n) is 12.8. The van der Waals surface area contributed by atoms with E-state index in [-0.39, 0.29) is 24.8 Å². The maximum absolute atomic E-state index is 12.8. The van der Waals surface area contributed by atoms with Gasteiger partial charge in [0.2, 0.25) is 5.91 Å². The van der Waals surface area contributed by atoms with Crippen LogP contribution in [0.5, 0.6) is 5.75 Å². The van der Waals surface area contributed by atoms with Crippen LogP contribution in [-0.2, 0) is 4.79 Å². The van der Waals surface area contributed by atoms with Crippen LogP contribution in [0, 0.1) is 5.82 Å². The van der Waals surface area contributed by atoms with Crippen LogP contribution in [0.15, 0.2) is 48.5 Å². The fourth-order valence-corrected chi connectivity index (χ4v) is 2.12.